The summed E-state index contributed by atoms with van der Waals surface area (Å²) in [6.45, 7) is 1.96. The van der Waals surface area contributed by atoms with E-state index in [1.807, 2.05) is 22.4 Å². The van der Waals surface area contributed by atoms with Crippen LogP contribution in [0.4, 0.5) is 0 Å². The van der Waals surface area contributed by atoms with Gasteiger partial charge in [-0.25, -0.2) is 8.42 Å². The highest BCUT2D eigenvalue weighted by Gasteiger charge is 2.34. The summed E-state index contributed by atoms with van der Waals surface area (Å²) >= 11 is 1.64. The van der Waals surface area contributed by atoms with Crippen molar-refractivity contribution in [3.05, 3.63) is 46.2 Å². The summed E-state index contributed by atoms with van der Waals surface area (Å²) in [4.78, 5) is 16.3. The van der Waals surface area contributed by atoms with Crippen molar-refractivity contribution in [2.75, 3.05) is 40.0 Å². The largest absolute Gasteiger partial charge is 0.495 e. The molecule has 7 nitrogen and oxygen atoms in total. The van der Waals surface area contributed by atoms with Gasteiger partial charge < -0.3 is 14.4 Å². The molecule has 0 aliphatic carbocycles. The van der Waals surface area contributed by atoms with Gasteiger partial charge in [0.1, 0.15) is 10.6 Å². The molecule has 2 aliphatic heterocycles. The number of hydrogen-bond acceptors (Lipinski definition) is 6. The maximum Gasteiger partial charge on any atom is 0.254 e. The molecule has 1 aromatic heterocycles. The first-order valence-corrected chi connectivity index (χ1v) is 11.9. The second-order valence-electron chi connectivity index (χ2n) is 7.05. The molecule has 2 aromatic rings. The molecule has 3 heterocycles. The van der Waals surface area contributed by atoms with E-state index in [0.717, 1.165) is 17.7 Å². The number of ether oxygens (including phenoxy) is 2. The van der Waals surface area contributed by atoms with Crippen LogP contribution in [0.1, 0.15) is 34.1 Å². The number of methoxy groups -OCH3 is 1. The number of likely N-dealkylation sites (tertiary alicyclic amines) is 1. The fraction of sp³-hybridized carbons (Fsp3) is 0.450. The summed E-state index contributed by atoms with van der Waals surface area (Å²) in [5.41, 5.74) is 0.362. The van der Waals surface area contributed by atoms with Gasteiger partial charge in [0.15, 0.2) is 0 Å². The molecule has 0 spiro atoms. The van der Waals surface area contributed by atoms with Gasteiger partial charge in [0.25, 0.3) is 5.91 Å². The van der Waals surface area contributed by atoms with E-state index in [1.54, 1.807) is 23.5 Å². The van der Waals surface area contributed by atoms with E-state index in [1.165, 1.54) is 17.5 Å². The number of amides is 1. The lowest BCUT2D eigenvalue weighted by Crippen LogP contribution is -2.40. The molecule has 29 heavy (non-hydrogen) atoms. The summed E-state index contributed by atoms with van der Waals surface area (Å²) < 4.78 is 38.3. The molecule has 156 valence electrons. The van der Waals surface area contributed by atoms with Crippen LogP contribution in [-0.4, -0.2) is 63.5 Å². The second kappa shape index (κ2) is 8.43. The Hall–Kier alpha value is -1.94. The Kier molecular flexibility index (Phi) is 5.91. The molecule has 0 bridgehead atoms. The number of nitrogens with zero attached hydrogens (tertiary/aromatic N) is 2. The maximum absolute atomic E-state index is 13.3. The van der Waals surface area contributed by atoms with E-state index >= 15 is 0 Å². The van der Waals surface area contributed by atoms with Crippen LogP contribution in [0.5, 0.6) is 5.75 Å². The highest BCUT2D eigenvalue weighted by Crippen LogP contribution is 2.36. The van der Waals surface area contributed by atoms with Crippen molar-refractivity contribution < 1.29 is 22.7 Å². The van der Waals surface area contributed by atoms with Crippen molar-refractivity contribution in [1.82, 2.24) is 9.21 Å². The van der Waals surface area contributed by atoms with Gasteiger partial charge in [-0.15, -0.1) is 11.3 Å². The second-order valence-corrected chi connectivity index (χ2v) is 9.94. The summed E-state index contributed by atoms with van der Waals surface area (Å²) in [7, 11) is -2.35. The Morgan fingerprint density at radius 1 is 1.21 bits per heavy atom. The fourth-order valence-corrected chi connectivity index (χ4v) is 6.35. The summed E-state index contributed by atoms with van der Waals surface area (Å²) in [5, 5.41) is 2.01. The molecule has 0 unspecified atom stereocenters. The molecule has 4 rings (SSSR count). The molecular weight excluding hydrogens is 412 g/mol. The van der Waals surface area contributed by atoms with Crippen LogP contribution in [0.2, 0.25) is 0 Å². The maximum atomic E-state index is 13.3. The van der Waals surface area contributed by atoms with Gasteiger partial charge in [-0.3, -0.25) is 4.79 Å². The minimum atomic E-state index is -3.78. The molecule has 1 aromatic carbocycles. The number of sulfonamides is 1. The molecule has 2 saturated heterocycles. The van der Waals surface area contributed by atoms with E-state index in [4.69, 9.17) is 9.47 Å². The molecule has 0 saturated carbocycles. The molecule has 2 aliphatic rings. The first kappa shape index (κ1) is 20.3. The van der Waals surface area contributed by atoms with E-state index in [2.05, 4.69) is 0 Å². The zero-order chi connectivity index (χ0) is 20.4. The number of morpholine rings is 1. The topological polar surface area (TPSA) is 76.2 Å². The van der Waals surface area contributed by atoms with Crippen LogP contribution in [0.25, 0.3) is 0 Å². The Labute approximate surface area is 174 Å². The van der Waals surface area contributed by atoms with Gasteiger partial charge in [0.2, 0.25) is 10.0 Å². The molecule has 0 N–H and O–H groups in total. The lowest BCUT2D eigenvalue weighted by Gasteiger charge is -2.27. The smallest absolute Gasteiger partial charge is 0.254 e. The standard InChI is InChI=1S/C20H24N2O5S2/c1-26-17-7-6-15(14-19(17)29(24,25)21-9-11-27-12-10-21)20(23)22-8-2-4-16(22)18-5-3-13-28-18/h3,5-7,13-14,16H,2,4,8-12H2,1H3/t16-/m1/s1. The highest BCUT2D eigenvalue weighted by molar-refractivity contribution is 7.89. The molecular formula is C20H24N2O5S2. The van der Waals surface area contributed by atoms with E-state index in [-0.39, 0.29) is 35.7 Å². The molecule has 2 fully saturated rings. The number of thiophene rings is 1. The Morgan fingerprint density at radius 3 is 2.69 bits per heavy atom. The van der Waals surface area contributed by atoms with Crippen molar-refractivity contribution >= 4 is 27.3 Å². The lowest BCUT2D eigenvalue weighted by molar-refractivity contribution is 0.0727. The summed E-state index contributed by atoms with van der Waals surface area (Å²) in [6, 6.07) is 8.74. The monoisotopic (exact) mass is 436 g/mol. The number of carbonyl (C=O) groups is 1. The first-order chi connectivity index (χ1) is 14.0. The van der Waals surface area contributed by atoms with Crippen molar-refractivity contribution in [2.45, 2.75) is 23.8 Å². The van der Waals surface area contributed by atoms with Crippen LogP contribution < -0.4 is 4.74 Å². The van der Waals surface area contributed by atoms with Gasteiger partial charge in [0.05, 0.1) is 26.4 Å². The predicted octanol–water partition coefficient (Wildman–Crippen LogP) is 2.75. The number of benzene rings is 1. The minimum Gasteiger partial charge on any atom is -0.495 e. The van der Waals surface area contributed by atoms with Crippen molar-refractivity contribution in [3.63, 3.8) is 0 Å². The Balaban J connectivity index is 1.66. The average molecular weight is 437 g/mol. The van der Waals surface area contributed by atoms with E-state index in [9.17, 15) is 13.2 Å². The average Bonchev–Trinajstić information content (AvgIpc) is 3.45. The highest BCUT2D eigenvalue weighted by atomic mass is 32.2. The van der Waals surface area contributed by atoms with Crippen LogP contribution in [0, 0.1) is 0 Å². The van der Waals surface area contributed by atoms with Crippen LogP contribution in [0.3, 0.4) is 0 Å². The SMILES string of the molecule is COc1ccc(C(=O)N2CCC[C@@H]2c2cccs2)cc1S(=O)(=O)N1CCOCC1. The normalized spacial score (nSPS) is 20.7. The zero-order valence-electron chi connectivity index (χ0n) is 16.2. The third-order valence-corrected chi connectivity index (χ3v) is 8.28. The molecule has 9 heteroatoms. The van der Waals surface area contributed by atoms with Gasteiger partial charge in [0, 0.05) is 30.1 Å². The fourth-order valence-electron chi connectivity index (χ4n) is 3.89. The third kappa shape index (κ3) is 3.92. The molecule has 1 atom stereocenters. The van der Waals surface area contributed by atoms with Gasteiger partial charge >= 0.3 is 0 Å². The Bertz CT molecular complexity index is 969. The van der Waals surface area contributed by atoms with Crippen molar-refractivity contribution in [1.29, 1.82) is 0 Å². The first-order valence-electron chi connectivity index (χ1n) is 9.62. The quantitative estimate of drug-likeness (QED) is 0.720. The van der Waals surface area contributed by atoms with E-state index < -0.39 is 10.0 Å². The van der Waals surface area contributed by atoms with Crippen LogP contribution in [0.15, 0.2) is 40.6 Å². The van der Waals surface area contributed by atoms with Crippen LogP contribution >= 0.6 is 11.3 Å². The van der Waals surface area contributed by atoms with E-state index in [0.29, 0.717) is 25.3 Å². The number of rotatable bonds is 5. The van der Waals surface area contributed by atoms with Crippen molar-refractivity contribution in [3.8, 4) is 5.75 Å². The molecule has 0 radical (unpaired) electrons. The van der Waals surface area contributed by atoms with Gasteiger partial charge in [-0.2, -0.15) is 4.31 Å². The summed E-state index contributed by atoms with van der Waals surface area (Å²) in [5.74, 6) is 0.0891. The third-order valence-electron chi connectivity index (χ3n) is 5.38. The zero-order valence-corrected chi connectivity index (χ0v) is 17.9. The Morgan fingerprint density at radius 2 is 2.00 bits per heavy atom. The predicted molar refractivity (Wildman–Crippen MR) is 110 cm³/mol. The number of hydrogen-bond donors (Lipinski definition) is 0. The van der Waals surface area contributed by atoms with Crippen molar-refractivity contribution in [2.24, 2.45) is 0 Å². The number of carbonyl (C=O) groups excluding carboxylic acids is 1. The van der Waals surface area contributed by atoms with Crippen LogP contribution in [-0.2, 0) is 14.8 Å². The van der Waals surface area contributed by atoms with Gasteiger partial charge in [-0.05, 0) is 42.5 Å². The molecule has 1 amide bonds. The minimum absolute atomic E-state index is 0.0274. The lowest BCUT2D eigenvalue weighted by atomic mass is 10.1. The summed E-state index contributed by atoms with van der Waals surface area (Å²) in [6.07, 6.45) is 1.85. The van der Waals surface area contributed by atoms with Gasteiger partial charge in [-0.1, -0.05) is 6.07 Å².